The Morgan fingerprint density at radius 1 is 1.19 bits per heavy atom. The van der Waals surface area contributed by atoms with Crippen molar-refractivity contribution in [2.75, 3.05) is 23.0 Å². The highest BCUT2D eigenvalue weighted by Gasteiger charge is 2.43. The summed E-state index contributed by atoms with van der Waals surface area (Å²) in [6.07, 6.45) is 0. The van der Waals surface area contributed by atoms with Gasteiger partial charge < -0.3 is 15.4 Å². The van der Waals surface area contributed by atoms with Gasteiger partial charge in [0, 0.05) is 22.4 Å². The Kier molecular flexibility index (Phi) is 6.92. The van der Waals surface area contributed by atoms with Crippen LogP contribution in [0.3, 0.4) is 0 Å². The lowest BCUT2D eigenvalue weighted by molar-refractivity contribution is -0.117. The number of benzene rings is 2. The van der Waals surface area contributed by atoms with Crippen LogP contribution in [0.1, 0.15) is 25.6 Å². The van der Waals surface area contributed by atoms with Gasteiger partial charge in [-0.05, 0) is 45.0 Å². The van der Waals surface area contributed by atoms with Crippen LogP contribution in [-0.2, 0) is 10.3 Å². The third-order valence-corrected chi connectivity index (χ3v) is 10.2. The highest BCUT2D eigenvalue weighted by Crippen LogP contribution is 2.53. The molecule has 2 aromatic heterocycles. The van der Waals surface area contributed by atoms with Crippen molar-refractivity contribution in [3.63, 3.8) is 0 Å². The van der Waals surface area contributed by atoms with E-state index in [2.05, 4.69) is 15.2 Å². The molecule has 3 heterocycles. The standard InChI is InChI=1S/C25H23N5O3S4/c1-4-33-13-9-10-17-15(11-13)19-21(36-37-23(19)34)25(2,3)30(17)18(31)12-35-24-27-22(32)20(28-29-24)14-7-5-6-8-16(14)26/h5-11H,4,12,26H2,1-3H3,(H,27,29,32). The monoisotopic (exact) mass is 569 g/mol. The Bertz CT molecular complexity index is 1630. The number of nitrogen functional groups attached to an aromatic ring is 1. The van der Waals surface area contributed by atoms with Crippen molar-refractivity contribution in [1.82, 2.24) is 15.2 Å². The summed E-state index contributed by atoms with van der Waals surface area (Å²) < 4.78 is 6.53. The van der Waals surface area contributed by atoms with Crippen LogP contribution in [-0.4, -0.2) is 33.4 Å². The van der Waals surface area contributed by atoms with Gasteiger partial charge in [0.15, 0.2) is 10.9 Å². The van der Waals surface area contributed by atoms with Crippen molar-refractivity contribution in [3.05, 3.63) is 61.5 Å². The van der Waals surface area contributed by atoms with Crippen molar-refractivity contribution in [3.8, 4) is 28.1 Å². The molecule has 2 aromatic carbocycles. The van der Waals surface area contributed by atoms with Gasteiger partial charge in [0.1, 0.15) is 9.57 Å². The number of anilines is 2. The molecule has 0 unspecified atom stereocenters. The second kappa shape index (κ2) is 10.0. The number of thioether (sulfide) groups is 1. The molecule has 1 aliphatic heterocycles. The molecule has 4 aromatic rings. The zero-order valence-corrected chi connectivity index (χ0v) is 23.5. The molecule has 12 heteroatoms. The highest BCUT2D eigenvalue weighted by molar-refractivity contribution is 7.99. The second-order valence-electron chi connectivity index (χ2n) is 8.74. The van der Waals surface area contributed by atoms with E-state index in [-0.39, 0.29) is 22.5 Å². The van der Waals surface area contributed by atoms with Crippen LogP contribution in [0.4, 0.5) is 11.4 Å². The number of nitrogens with zero attached hydrogens (tertiary/aromatic N) is 3. The molecule has 3 N–H and O–H groups in total. The minimum Gasteiger partial charge on any atom is -0.494 e. The third-order valence-electron chi connectivity index (χ3n) is 6.01. The average Bonchev–Trinajstić information content (AvgIpc) is 3.27. The summed E-state index contributed by atoms with van der Waals surface area (Å²) in [5.41, 5.74) is 8.69. The summed E-state index contributed by atoms with van der Waals surface area (Å²) in [7, 11) is 3.13. The number of nitrogens with two attached hydrogens (primary N) is 1. The number of hydrogen-bond donors (Lipinski definition) is 2. The van der Waals surface area contributed by atoms with E-state index in [1.807, 2.05) is 39.0 Å². The molecule has 0 saturated carbocycles. The third kappa shape index (κ3) is 4.58. The molecule has 0 bridgehead atoms. The molecular formula is C25H23N5O3S4. The fourth-order valence-corrected chi connectivity index (χ4v) is 8.32. The number of nitrogens with one attached hydrogen (secondary N) is 1. The van der Waals surface area contributed by atoms with E-state index in [1.165, 1.54) is 10.3 Å². The van der Waals surface area contributed by atoms with Gasteiger partial charge in [0.2, 0.25) is 5.91 Å². The van der Waals surface area contributed by atoms with E-state index < -0.39 is 11.1 Å². The van der Waals surface area contributed by atoms with Crippen LogP contribution >= 0.6 is 44.7 Å². The molecule has 0 spiro atoms. The first-order chi connectivity index (χ1) is 17.7. The summed E-state index contributed by atoms with van der Waals surface area (Å²) in [6.45, 7) is 6.51. The molecule has 0 fully saturated rings. The van der Waals surface area contributed by atoms with E-state index in [4.69, 9.17) is 22.7 Å². The first-order valence-electron chi connectivity index (χ1n) is 11.4. The molecule has 1 amide bonds. The molecule has 5 rings (SSSR count). The van der Waals surface area contributed by atoms with E-state index in [1.54, 1.807) is 39.5 Å². The average molecular weight is 570 g/mol. The molecule has 8 nitrogen and oxygen atoms in total. The first-order valence-corrected chi connectivity index (χ1v) is 14.9. The minimum atomic E-state index is -0.612. The largest absolute Gasteiger partial charge is 0.494 e. The molecule has 0 atom stereocenters. The van der Waals surface area contributed by atoms with Crippen molar-refractivity contribution in [1.29, 1.82) is 0 Å². The van der Waals surface area contributed by atoms with Gasteiger partial charge in [-0.3, -0.25) is 14.6 Å². The molecule has 0 radical (unpaired) electrons. The predicted molar refractivity (Wildman–Crippen MR) is 153 cm³/mol. The van der Waals surface area contributed by atoms with Gasteiger partial charge in [-0.2, -0.15) is 0 Å². The van der Waals surface area contributed by atoms with Gasteiger partial charge in [-0.1, -0.05) is 62.9 Å². The lowest BCUT2D eigenvalue weighted by atomic mass is 9.87. The van der Waals surface area contributed by atoms with Gasteiger partial charge in [-0.25, -0.2) is 0 Å². The van der Waals surface area contributed by atoms with Crippen molar-refractivity contribution >= 4 is 61.9 Å². The molecular weight excluding hydrogens is 547 g/mol. The van der Waals surface area contributed by atoms with Crippen LogP contribution < -0.4 is 20.9 Å². The molecule has 0 saturated heterocycles. The Balaban J connectivity index is 1.44. The number of H-pyrrole nitrogens is 1. The van der Waals surface area contributed by atoms with Gasteiger partial charge in [-0.15, -0.1) is 10.2 Å². The number of carbonyl (C=O) groups excluding carboxylic acids is 1. The van der Waals surface area contributed by atoms with E-state index in [0.717, 1.165) is 43.0 Å². The molecule has 190 valence electrons. The van der Waals surface area contributed by atoms with Crippen LogP contribution in [0.15, 0.2) is 52.4 Å². The number of aromatic nitrogens is 3. The van der Waals surface area contributed by atoms with Crippen LogP contribution in [0.5, 0.6) is 5.75 Å². The van der Waals surface area contributed by atoms with E-state index in [0.29, 0.717) is 17.9 Å². The lowest BCUT2D eigenvalue weighted by Gasteiger charge is -2.43. The number of amides is 1. The zero-order chi connectivity index (χ0) is 26.3. The minimum absolute atomic E-state index is 0.0540. The maximum absolute atomic E-state index is 13.7. The topological polar surface area (TPSA) is 114 Å². The Morgan fingerprint density at radius 2 is 1.97 bits per heavy atom. The van der Waals surface area contributed by atoms with E-state index in [9.17, 15) is 9.59 Å². The SMILES string of the molecule is CCOc1ccc2c(c1)-c1c(ssc1=S)C(C)(C)N2C(=O)CSc1nnc(-c2ccccc2N)c(=O)[nH]1. The maximum atomic E-state index is 13.7. The van der Waals surface area contributed by atoms with Crippen molar-refractivity contribution in [2.45, 2.75) is 31.5 Å². The normalized spacial score (nSPS) is 13.6. The smallest absolute Gasteiger partial charge is 0.278 e. The molecule has 1 aliphatic rings. The summed E-state index contributed by atoms with van der Waals surface area (Å²) in [4.78, 5) is 31.9. The molecule has 37 heavy (non-hydrogen) atoms. The second-order valence-corrected chi connectivity index (χ2v) is 12.5. The van der Waals surface area contributed by atoms with Crippen molar-refractivity contribution in [2.24, 2.45) is 0 Å². The molecule has 0 aliphatic carbocycles. The number of ether oxygens (including phenoxy) is 1. The Hall–Kier alpha value is -3.06. The summed E-state index contributed by atoms with van der Waals surface area (Å²) >= 11 is 6.79. The maximum Gasteiger partial charge on any atom is 0.278 e. The Morgan fingerprint density at radius 3 is 2.70 bits per heavy atom. The first kappa shape index (κ1) is 25.6. The summed E-state index contributed by atoms with van der Waals surface area (Å²) in [5, 5.41) is 8.47. The van der Waals surface area contributed by atoms with Gasteiger partial charge >= 0.3 is 0 Å². The van der Waals surface area contributed by atoms with Crippen LogP contribution in [0.25, 0.3) is 22.4 Å². The van der Waals surface area contributed by atoms with Gasteiger partial charge in [0.05, 0.1) is 28.5 Å². The number of para-hydroxylation sites is 1. The van der Waals surface area contributed by atoms with Crippen molar-refractivity contribution < 1.29 is 9.53 Å². The Labute approximate surface area is 229 Å². The number of carbonyl (C=O) groups is 1. The quantitative estimate of drug-likeness (QED) is 0.131. The summed E-state index contributed by atoms with van der Waals surface area (Å²) in [6, 6.07) is 12.7. The van der Waals surface area contributed by atoms with Gasteiger partial charge in [0.25, 0.3) is 5.56 Å². The fourth-order valence-electron chi connectivity index (χ4n) is 4.38. The van der Waals surface area contributed by atoms with Crippen LogP contribution in [0, 0.1) is 3.82 Å². The number of fused-ring (bicyclic) bond motifs is 3. The number of hydrogen-bond acceptors (Lipinski definition) is 10. The fraction of sp³-hybridized carbons (Fsp3) is 0.240. The summed E-state index contributed by atoms with van der Waals surface area (Å²) in [5.74, 6) is 0.652. The predicted octanol–water partition coefficient (Wildman–Crippen LogP) is 5.71. The zero-order valence-electron chi connectivity index (χ0n) is 20.2. The lowest BCUT2D eigenvalue weighted by Crippen LogP contribution is -2.48. The van der Waals surface area contributed by atoms with Crippen LogP contribution in [0.2, 0.25) is 0 Å². The highest BCUT2D eigenvalue weighted by atomic mass is 32.9. The number of aromatic amines is 1. The number of rotatable bonds is 6. The van der Waals surface area contributed by atoms with E-state index >= 15 is 0 Å².